The van der Waals surface area contributed by atoms with Gasteiger partial charge in [-0.25, -0.2) is 5.43 Å². The SMILES string of the molecule is CC(=O)N/N=C/c1ccc(OCC(=O)Nc2cccc(Cl)c2)cc1. The smallest absolute Gasteiger partial charge is 0.262 e. The highest BCUT2D eigenvalue weighted by atomic mass is 35.5. The zero-order valence-electron chi connectivity index (χ0n) is 13.0. The van der Waals surface area contributed by atoms with Gasteiger partial charge >= 0.3 is 0 Å². The van der Waals surface area contributed by atoms with Crippen LogP contribution in [0, 0.1) is 0 Å². The molecule has 2 rings (SSSR count). The molecule has 0 aromatic heterocycles. The van der Waals surface area contributed by atoms with E-state index in [1.54, 1.807) is 48.5 Å². The van der Waals surface area contributed by atoms with Crippen molar-refractivity contribution >= 4 is 35.3 Å². The molecule has 7 heteroatoms. The third kappa shape index (κ3) is 6.10. The molecule has 0 aliphatic rings. The molecule has 24 heavy (non-hydrogen) atoms. The predicted molar refractivity (Wildman–Crippen MR) is 93.4 cm³/mol. The summed E-state index contributed by atoms with van der Waals surface area (Å²) in [6.07, 6.45) is 1.51. The Morgan fingerprint density at radius 3 is 2.62 bits per heavy atom. The van der Waals surface area contributed by atoms with Crippen molar-refractivity contribution in [3.05, 3.63) is 59.1 Å². The average molecular weight is 346 g/mol. The molecule has 0 spiro atoms. The number of carbonyl (C=O) groups excluding carboxylic acids is 2. The van der Waals surface area contributed by atoms with E-state index in [0.29, 0.717) is 16.5 Å². The molecule has 0 aliphatic carbocycles. The Kier molecular flexibility index (Phi) is 6.33. The van der Waals surface area contributed by atoms with Crippen LogP contribution in [-0.2, 0) is 9.59 Å². The minimum atomic E-state index is -0.284. The maximum absolute atomic E-state index is 11.8. The summed E-state index contributed by atoms with van der Waals surface area (Å²) >= 11 is 5.85. The van der Waals surface area contributed by atoms with Crippen LogP contribution >= 0.6 is 11.6 Å². The predicted octanol–water partition coefficient (Wildman–Crippen LogP) is 2.83. The number of carbonyl (C=O) groups is 2. The first kappa shape index (κ1) is 17.5. The van der Waals surface area contributed by atoms with Gasteiger partial charge in [-0.1, -0.05) is 17.7 Å². The third-order valence-corrected chi connectivity index (χ3v) is 3.03. The topological polar surface area (TPSA) is 79.8 Å². The molecular formula is C17H16ClN3O3. The number of nitrogens with one attached hydrogen (secondary N) is 2. The highest BCUT2D eigenvalue weighted by molar-refractivity contribution is 6.30. The van der Waals surface area contributed by atoms with Crippen molar-refractivity contribution < 1.29 is 14.3 Å². The van der Waals surface area contributed by atoms with Crippen molar-refractivity contribution in [3.63, 3.8) is 0 Å². The number of hydrogen-bond acceptors (Lipinski definition) is 4. The largest absolute Gasteiger partial charge is 0.484 e. The monoisotopic (exact) mass is 345 g/mol. The normalized spacial score (nSPS) is 10.4. The van der Waals surface area contributed by atoms with E-state index in [1.165, 1.54) is 13.1 Å². The molecule has 2 aromatic carbocycles. The van der Waals surface area contributed by atoms with Crippen LogP contribution in [0.4, 0.5) is 5.69 Å². The highest BCUT2D eigenvalue weighted by Gasteiger charge is 2.04. The summed E-state index contributed by atoms with van der Waals surface area (Å²) in [7, 11) is 0. The van der Waals surface area contributed by atoms with Crippen LogP contribution in [0.5, 0.6) is 5.75 Å². The van der Waals surface area contributed by atoms with Crippen molar-refractivity contribution in [1.82, 2.24) is 5.43 Å². The molecular weight excluding hydrogens is 330 g/mol. The van der Waals surface area contributed by atoms with E-state index in [-0.39, 0.29) is 18.4 Å². The lowest BCUT2D eigenvalue weighted by Gasteiger charge is -2.08. The van der Waals surface area contributed by atoms with Crippen LogP contribution in [0.15, 0.2) is 53.6 Å². The van der Waals surface area contributed by atoms with Gasteiger partial charge in [-0.2, -0.15) is 5.10 Å². The first-order valence-corrected chi connectivity index (χ1v) is 7.48. The van der Waals surface area contributed by atoms with E-state index in [2.05, 4.69) is 15.8 Å². The molecule has 0 unspecified atom stereocenters. The first-order valence-electron chi connectivity index (χ1n) is 7.11. The second-order valence-electron chi connectivity index (χ2n) is 4.84. The van der Waals surface area contributed by atoms with E-state index in [1.807, 2.05) is 0 Å². The quantitative estimate of drug-likeness (QED) is 0.624. The summed E-state index contributed by atoms with van der Waals surface area (Å²) in [6.45, 7) is 1.26. The fraction of sp³-hybridized carbons (Fsp3) is 0.118. The summed E-state index contributed by atoms with van der Waals surface area (Å²) in [4.78, 5) is 22.5. The Morgan fingerprint density at radius 2 is 1.96 bits per heavy atom. The molecule has 2 N–H and O–H groups in total. The molecule has 0 saturated carbocycles. The lowest BCUT2D eigenvalue weighted by Crippen LogP contribution is -2.20. The minimum absolute atomic E-state index is 0.119. The summed E-state index contributed by atoms with van der Waals surface area (Å²) in [5.74, 6) is 0.0263. The molecule has 0 bridgehead atoms. The van der Waals surface area contributed by atoms with Crippen LogP contribution in [0.3, 0.4) is 0 Å². The number of ether oxygens (including phenoxy) is 1. The van der Waals surface area contributed by atoms with Crippen molar-refractivity contribution in [2.45, 2.75) is 6.92 Å². The fourth-order valence-electron chi connectivity index (χ4n) is 1.76. The Labute approximate surface area is 144 Å². The van der Waals surface area contributed by atoms with Crippen molar-refractivity contribution in [1.29, 1.82) is 0 Å². The molecule has 0 heterocycles. The molecule has 0 radical (unpaired) electrons. The van der Waals surface area contributed by atoms with Gasteiger partial charge in [0, 0.05) is 17.6 Å². The fourth-order valence-corrected chi connectivity index (χ4v) is 1.95. The number of benzene rings is 2. The van der Waals surface area contributed by atoms with Crippen LogP contribution < -0.4 is 15.5 Å². The maximum atomic E-state index is 11.8. The molecule has 6 nitrogen and oxygen atoms in total. The van der Waals surface area contributed by atoms with Crippen LogP contribution in [0.25, 0.3) is 0 Å². The third-order valence-electron chi connectivity index (χ3n) is 2.79. The molecule has 0 aliphatic heterocycles. The zero-order valence-corrected chi connectivity index (χ0v) is 13.7. The van der Waals surface area contributed by atoms with E-state index in [0.717, 1.165) is 5.56 Å². The van der Waals surface area contributed by atoms with Crippen LogP contribution in [0.2, 0.25) is 5.02 Å². The van der Waals surface area contributed by atoms with Crippen molar-refractivity contribution in [2.24, 2.45) is 5.10 Å². The summed E-state index contributed by atoms with van der Waals surface area (Å²) in [5.41, 5.74) is 3.72. The van der Waals surface area contributed by atoms with E-state index < -0.39 is 0 Å². The summed E-state index contributed by atoms with van der Waals surface area (Å²) < 4.78 is 5.41. The summed E-state index contributed by atoms with van der Waals surface area (Å²) in [5, 5.41) is 7.00. The summed E-state index contributed by atoms with van der Waals surface area (Å²) in [6, 6.07) is 13.8. The first-order chi connectivity index (χ1) is 11.5. The van der Waals surface area contributed by atoms with Gasteiger partial charge < -0.3 is 10.1 Å². The number of halogens is 1. The molecule has 2 aromatic rings. The molecule has 0 atom stereocenters. The zero-order chi connectivity index (χ0) is 17.4. The van der Waals surface area contributed by atoms with Gasteiger partial charge in [0.25, 0.3) is 5.91 Å². The number of anilines is 1. The second kappa shape index (κ2) is 8.69. The van der Waals surface area contributed by atoms with Gasteiger partial charge in [0.1, 0.15) is 5.75 Å². The highest BCUT2D eigenvalue weighted by Crippen LogP contribution is 2.15. The van der Waals surface area contributed by atoms with Gasteiger partial charge in [-0.3, -0.25) is 9.59 Å². The lowest BCUT2D eigenvalue weighted by atomic mass is 10.2. The maximum Gasteiger partial charge on any atom is 0.262 e. The number of rotatable bonds is 6. The Bertz CT molecular complexity index is 745. The molecule has 2 amide bonds. The second-order valence-corrected chi connectivity index (χ2v) is 5.28. The average Bonchev–Trinajstić information content (AvgIpc) is 2.54. The van der Waals surface area contributed by atoms with Crippen molar-refractivity contribution in [2.75, 3.05) is 11.9 Å². The van der Waals surface area contributed by atoms with Crippen LogP contribution in [0.1, 0.15) is 12.5 Å². The molecule has 0 saturated heterocycles. The van der Waals surface area contributed by atoms with Crippen LogP contribution in [-0.4, -0.2) is 24.6 Å². The number of hydrazone groups is 1. The molecule has 0 fully saturated rings. The Balaban J connectivity index is 1.82. The van der Waals surface area contributed by atoms with Gasteiger partial charge in [-0.05, 0) is 48.0 Å². The van der Waals surface area contributed by atoms with E-state index in [9.17, 15) is 9.59 Å². The van der Waals surface area contributed by atoms with Gasteiger partial charge in [0.05, 0.1) is 6.21 Å². The minimum Gasteiger partial charge on any atom is -0.484 e. The van der Waals surface area contributed by atoms with E-state index in [4.69, 9.17) is 16.3 Å². The Morgan fingerprint density at radius 1 is 1.21 bits per heavy atom. The standard InChI is InChI=1S/C17H16ClN3O3/c1-12(22)21-19-10-13-5-7-16(8-6-13)24-11-17(23)20-15-4-2-3-14(18)9-15/h2-10H,11H2,1H3,(H,20,23)(H,21,22)/b19-10+. The Hall–Kier alpha value is -2.86. The van der Waals surface area contributed by atoms with Crippen molar-refractivity contribution in [3.8, 4) is 5.75 Å². The number of hydrogen-bond donors (Lipinski definition) is 2. The number of nitrogens with zero attached hydrogens (tertiary/aromatic N) is 1. The van der Waals surface area contributed by atoms with E-state index >= 15 is 0 Å². The lowest BCUT2D eigenvalue weighted by molar-refractivity contribution is -0.119. The van der Waals surface area contributed by atoms with Gasteiger partial charge in [0.15, 0.2) is 6.61 Å². The van der Waals surface area contributed by atoms with Gasteiger partial charge in [-0.15, -0.1) is 0 Å². The molecule has 124 valence electrons. The van der Waals surface area contributed by atoms with Gasteiger partial charge in [0.2, 0.25) is 5.91 Å². The number of amides is 2.